The van der Waals surface area contributed by atoms with E-state index in [-0.39, 0.29) is 5.16 Å². The maximum absolute atomic E-state index is 12.3. The third-order valence-electron chi connectivity index (χ3n) is 2.68. The third kappa shape index (κ3) is 3.35. The molecule has 0 aliphatic heterocycles. The van der Waals surface area contributed by atoms with Gasteiger partial charge in [0.2, 0.25) is 0 Å². The molecule has 1 rings (SSSR count). The van der Waals surface area contributed by atoms with E-state index in [0.717, 1.165) is 5.56 Å². The topological polar surface area (TPSA) is 17.1 Å². The van der Waals surface area contributed by atoms with Gasteiger partial charge in [-0.3, -0.25) is 0 Å². The van der Waals surface area contributed by atoms with Crippen LogP contribution in [0, 0.1) is 0 Å². The summed E-state index contributed by atoms with van der Waals surface area (Å²) >= 11 is 0. The van der Waals surface area contributed by atoms with Gasteiger partial charge >= 0.3 is 0 Å². The predicted molar refractivity (Wildman–Crippen MR) is 68.8 cm³/mol. The Morgan fingerprint density at radius 1 is 1.13 bits per heavy atom. The van der Waals surface area contributed by atoms with Crippen LogP contribution < -0.4 is 0 Å². The van der Waals surface area contributed by atoms with Crippen LogP contribution in [0.15, 0.2) is 36.1 Å². The first-order valence-electron chi connectivity index (χ1n) is 5.14. The van der Waals surface area contributed by atoms with E-state index in [0.29, 0.717) is 0 Å². The average Bonchev–Trinajstić information content (AvgIpc) is 2.15. The van der Waals surface area contributed by atoms with Crippen molar-refractivity contribution in [3.05, 3.63) is 41.7 Å². The zero-order valence-corrected chi connectivity index (χ0v) is 10.8. The van der Waals surface area contributed by atoms with Crippen LogP contribution >= 0.6 is 7.14 Å². The van der Waals surface area contributed by atoms with Crippen molar-refractivity contribution < 1.29 is 4.57 Å². The van der Waals surface area contributed by atoms with Crippen LogP contribution in [0.4, 0.5) is 0 Å². The lowest BCUT2D eigenvalue weighted by atomic mass is 10.2. The third-order valence-corrected chi connectivity index (χ3v) is 6.06. The molecule has 0 saturated carbocycles. The Kier molecular flexibility index (Phi) is 3.57. The molecule has 0 radical (unpaired) electrons. The number of rotatable bonds is 2. The van der Waals surface area contributed by atoms with Crippen LogP contribution in [-0.4, -0.2) is 11.8 Å². The fourth-order valence-corrected chi connectivity index (χ4v) is 1.92. The minimum absolute atomic E-state index is 0.154. The molecular weight excluding hydrogens is 203 g/mol. The van der Waals surface area contributed by atoms with E-state index in [1.807, 2.05) is 69.7 Å². The fraction of sp³-hybridized carbons (Fsp3) is 0.385. The van der Waals surface area contributed by atoms with Crippen molar-refractivity contribution in [1.29, 1.82) is 0 Å². The second-order valence-electron chi connectivity index (χ2n) is 4.89. The van der Waals surface area contributed by atoms with E-state index in [1.165, 1.54) is 0 Å². The molecule has 0 saturated heterocycles. The summed E-state index contributed by atoms with van der Waals surface area (Å²) in [7, 11) is -2.22. The van der Waals surface area contributed by atoms with Crippen molar-refractivity contribution >= 4 is 13.2 Å². The zero-order valence-electron chi connectivity index (χ0n) is 9.90. The Labute approximate surface area is 92.6 Å². The minimum atomic E-state index is -2.22. The summed E-state index contributed by atoms with van der Waals surface area (Å²) in [5, 5.41) is -0.154. The first-order chi connectivity index (χ1) is 6.83. The predicted octanol–water partition coefficient (Wildman–Crippen LogP) is 4.45. The molecule has 0 aliphatic rings. The van der Waals surface area contributed by atoms with Crippen molar-refractivity contribution in [3.63, 3.8) is 0 Å². The lowest BCUT2D eigenvalue weighted by Gasteiger charge is -2.24. The lowest BCUT2D eigenvalue weighted by molar-refractivity contribution is 0.560. The molecule has 0 fully saturated rings. The van der Waals surface area contributed by atoms with Gasteiger partial charge in [0.15, 0.2) is 0 Å². The van der Waals surface area contributed by atoms with E-state index in [4.69, 9.17) is 0 Å². The van der Waals surface area contributed by atoms with E-state index in [9.17, 15) is 4.57 Å². The quantitative estimate of drug-likeness (QED) is 0.676. The van der Waals surface area contributed by atoms with Gasteiger partial charge in [-0.15, -0.1) is 0 Å². The Morgan fingerprint density at radius 2 is 1.67 bits per heavy atom. The smallest absolute Gasteiger partial charge is 0.110 e. The Balaban J connectivity index is 2.88. The molecule has 0 unspecified atom stereocenters. The van der Waals surface area contributed by atoms with Gasteiger partial charge in [0.05, 0.1) is 0 Å². The van der Waals surface area contributed by atoms with Crippen LogP contribution in [0.3, 0.4) is 0 Å². The summed E-state index contributed by atoms with van der Waals surface area (Å²) in [6.45, 7) is 7.89. The molecule has 1 nitrogen and oxygen atoms in total. The highest BCUT2D eigenvalue weighted by Gasteiger charge is 2.28. The Morgan fingerprint density at radius 3 is 2.13 bits per heavy atom. The summed E-state index contributed by atoms with van der Waals surface area (Å²) in [5.74, 6) is 1.86. The van der Waals surface area contributed by atoms with E-state index in [1.54, 1.807) is 0 Å². The second kappa shape index (κ2) is 4.37. The Hall–Kier alpha value is -0.810. The average molecular weight is 222 g/mol. The van der Waals surface area contributed by atoms with Gasteiger partial charge in [-0.1, -0.05) is 57.2 Å². The molecule has 0 heterocycles. The second-order valence-corrected chi connectivity index (χ2v) is 8.51. The highest BCUT2D eigenvalue weighted by atomic mass is 31.2. The molecule has 0 aliphatic carbocycles. The highest BCUT2D eigenvalue weighted by Crippen LogP contribution is 2.55. The molecular formula is C13H19OP. The Bertz CT molecular complexity index is 385. The molecule has 15 heavy (non-hydrogen) atoms. The van der Waals surface area contributed by atoms with E-state index in [2.05, 4.69) is 0 Å². The zero-order chi connectivity index (χ0) is 11.5. The summed E-state index contributed by atoms with van der Waals surface area (Å²) < 4.78 is 12.3. The highest BCUT2D eigenvalue weighted by molar-refractivity contribution is 7.67. The molecule has 0 spiro atoms. The summed E-state index contributed by atoms with van der Waals surface area (Å²) in [4.78, 5) is 0. The lowest BCUT2D eigenvalue weighted by Crippen LogP contribution is -2.12. The fourth-order valence-electron chi connectivity index (χ4n) is 1.02. The van der Waals surface area contributed by atoms with Gasteiger partial charge in [0.1, 0.15) is 7.14 Å². The van der Waals surface area contributed by atoms with Crippen molar-refractivity contribution in [3.8, 4) is 0 Å². The molecule has 0 bridgehead atoms. The molecule has 1 atom stereocenters. The molecule has 82 valence electrons. The molecule has 0 aromatic heterocycles. The van der Waals surface area contributed by atoms with E-state index < -0.39 is 7.14 Å². The number of hydrogen-bond acceptors (Lipinski definition) is 1. The maximum Gasteiger partial charge on any atom is 0.110 e. The first kappa shape index (κ1) is 12.3. The first-order valence-corrected chi connectivity index (χ1v) is 7.37. The van der Waals surface area contributed by atoms with Gasteiger partial charge in [0, 0.05) is 5.16 Å². The minimum Gasteiger partial charge on any atom is -0.319 e. The SMILES string of the molecule is CC(C)(C)[P@](C)(=O)/C=C/c1ccccc1. The maximum atomic E-state index is 12.3. The van der Waals surface area contributed by atoms with Gasteiger partial charge in [-0.05, 0) is 18.0 Å². The number of benzene rings is 1. The summed E-state index contributed by atoms with van der Waals surface area (Å²) in [6.07, 6.45) is 1.95. The van der Waals surface area contributed by atoms with Crippen LogP contribution in [0.1, 0.15) is 26.3 Å². The van der Waals surface area contributed by atoms with Crippen molar-refractivity contribution in [2.24, 2.45) is 0 Å². The molecule has 0 amide bonds. The van der Waals surface area contributed by atoms with Gasteiger partial charge in [0.25, 0.3) is 0 Å². The number of hydrogen-bond donors (Lipinski definition) is 0. The molecule has 2 heteroatoms. The van der Waals surface area contributed by atoms with Crippen LogP contribution in [-0.2, 0) is 4.57 Å². The summed E-state index contributed by atoms with van der Waals surface area (Å²) in [5.41, 5.74) is 1.10. The van der Waals surface area contributed by atoms with Crippen LogP contribution in [0.2, 0.25) is 0 Å². The van der Waals surface area contributed by atoms with Crippen molar-refractivity contribution in [2.45, 2.75) is 25.9 Å². The standard InChI is InChI=1S/C13H19OP/c1-13(2,3)15(4,14)11-10-12-8-6-5-7-9-12/h5-11H,1-4H3/b11-10+/t15-/m1/s1. The van der Waals surface area contributed by atoms with Gasteiger partial charge < -0.3 is 4.57 Å². The largest absolute Gasteiger partial charge is 0.319 e. The van der Waals surface area contributed by atoms with Crippen molar-refractivity contribution in [2.75, 3.05) is 6.66 Å². The van der Waals surface area contributed by atoms with Gasteiger partial charge in [-0.25, -0.2) is 0 Å². The molecule has 1 aromatic carbocycles. The van der Waals surface area contributed by atoms with Crippen LogP contribution in [0.5, 0.6) is 0 Å². The molecule has 0 N–H and O–H groups in total. The normalized spacial score (nSPS) is 16.5. The monoisotopic (exact) mass is 222 g/mol. The summed E-state index contributed by atoms with van der Waals surface area (Å²) in [6, 6.07) is 9.97. The molecule has 1 aromatic rings. The van der Waals surface area contributed by atoms with Crippen LogP contribution in [0.25, 0.3) is 6.08 Å². The van der Waals surface area contributed by atoms with E-state index >= 15 is 0 Å². The van der Waals surface area contributed by atoms with Crippen molar-refractivity contribution in [1.82, 2.24) is 0 Å². The van der Waals surface area contributed by atoms with Gasteiger partial charge in [-0.2, -0.15) is 0 Å².